The molecule has 104 valence electrons. The average molecular weight is 270 g/mol. The summed E-state index contributed by atoms with van der Waals surface area (Å²) in [4.78, 5) is 11.6. The zero-order chi connectivity index (χ0) is 14.2. The number of hydrogen-bond donors (Lipinski definition) is 0. The van der Waals surface area contributed by atoms with Gasteiger partial charge < -0.3 is 9.47 Å². The smallest absolute Gasteiger partial charge is 0.349 e. The first-order valence-corrected chi connectivity index (χ1v) is 6.75. The van der Waals surface area contributed by atoms with E-state index in [1.807, 2.05) is 42.5 Å². The van der Waals surface area contributed by atoms with E-state index in [2.05, 4.69) is 6.92 Å². The van der Waals surface area contributed by atoms with Crippen LogP contribution in [-0.2, 0) is 11.2 Å². The Labute approximate surface area is 119 Å². The van der Waals surface area contributed by atoms with Gasteiger partial charge in [0.25, 0.3) is 0 Å². The molecule has 0 aliphatic carbocycles. The number of esters is 1. The Balaban J connectivity index is 1.82. The molecular formula is C17H18O3. The molecule has 0 bridgehead atoms. The summed E-state index contributed by atoms with van der Waals surface area (Å²) in [5, 5.41) is 0. The molecule has 2 aromatic rings. The Morgan fingerprint density at radius 2 is 1.65 bits per heavy atom. The zero-order valence-electron chi connectivity index (χ0n) is 11.5. The third-order valence-corrected chi connectivity index (χ3v) is 2.79. The highest BCUT2D eigenvalue weighted by molar-refractivity contribution is 5.73. The molecule has 0 fully saturated rings. The topological polar surface area (TPSA) is 35.5 Å². The van der Waals surface area contributed by atoms with E-state index in [0.717, 1.165) is 12.8 Å². The first-order valence-electron chi connectivity index (χ1n) is 6.75. The summed E-state index contributed by atoms with van der Waals surface area (Å²) in [5.41, 5.74) is 1.24. The Morgan fingerprint density at radius 3 is 2.30 bits per heavy atom. The van der Waals surface area contributed by atoms with E-state index < -0.39 is 5.97 Å². The largest absolute Gasteiger partial charge is 0.482 e. The number of aryl methyl sites for hydroxylation is 1. The van der Waals surface area contributed by atoms with Gasteiger partial charge in [-0.1, -0.05) is 43.7 Å². The molecule has 3 heteroatoms. The van der Waals surface area contributed by atoms with E-state index in [9.17, 15) is 4.79 Å². The number of carbonyl (C=O) groups excluding carboxylic acids is 1. The molecule has 0 spiro atoms. The zero-order valence-corrected chi connectivity index (χ0v) is 11.5. The van der Waals surface area contributed by atoms with E-state index >= 15 is 0 Å². The highest BCUT2D eigenvalue weighted by Gasteiger charge is 2.06. The van der Waals surface area contributed by atoms with Crippen molar-refractivity contribution in [3.05, 3.63) is 60.2 Å². The number of rotatable bonds is 6. The first kappa shape index (κ1) is 14.1. The second kappa shape index (κ2) is 7.34. The minimum atomic E-state index is -0.405. The second-order valence-electron chi connectivity index (χ2n) is 4.47. The lowest BCUT2D eigenvalue weighted by Crippen LogP contribution is -2.17. The summed E-state index contributed by atoms with van der Waals surface area (Å²) in [5.74, 6) is 0.798. The summed E-state index contributed by atoms with van der Waals surface area (Å²) >= 11 is 0. The molecule has 0 aliphatic heterocycles. The van der Waals surface area contributed by atoms with Crippen molar-refractivity contribution in [1.29, 1.82) is 0 Å². The minimum absolute atomic E-state index is 0.0965. The van der Waals surface area contributed by atoms with Crippen molar-refractivity contribution in [3.8, 4) is 11.5 Å². The Kier molecular flexibility index (Phi) is 5.18. The van der Waals surface area contributed by atoms with Crippen LogP contribution in [0.2, 0.25) is 0 Å². The van der Waals surface area contributed by atoms with Crippen molar-refractivity contribution in [1.82, 2.24) is 0 Å². The van der Waals surface area contributed by atoms with Gasteiger partial charge >= 0.3 is 5.97 Å². The van der Waals surface area contributed by atoms with E-state index in [-0.39, 0.29) is 6.61 Å². The molecular weight excluding hydrogens is 252 g/mol. The lowest BCUT2D eigenvalue weighted by molar-refractivity contribution is -0.136. The molecule has 2 aromatic carbocycles. The highest BCUT2D eigenvalue weighted by atomic mass is 16.6. The van der Waals surface area contributed by atoms with E-state index in [1.54, 1.807) is 12.1 Å². The van der Waals surface area contributed by atoms with Crippen LogP contribution < -0.4 is 9.47 Å². The monoisotopic (exact) mass is 270 g/mol. The summed E-state index contributed by atoms with van der Waals surface area (Å²) in [6.45, 7) is 2.04. The van der Waals surface area contributed by atoms with Crippen LogP contribution in [0.1, 0.15) is 18.9 Å². The fraction of sp³-hybridized carbons (Fsp3) is 0.235. The lowest BCUT2D eigenvalue weighted by Gasteiger charge is -2.07. The van der Waals surface area contributed by atoms with Gasteiger partial charge in [0, 0.05) is 0 Å². The maximum absolute atomic E-state index is 11.6. The first-order chi connectivity index (χ1) is 9.78. The van der Waals surface area contributed by atoms with Crippen LogP contribution in [0.15, 0.2) is 54.6 Å². The van der Waals surface area contributed by atoms with Crippen LogP contribution in [0.5, 0.6) is 11.5 Å². The number of ether oxygens (including phenoxy) is 2. The van der Waals surface area contributed by atoms with Crippen LogP contribution >= 0.6 is 0 Å². The van der Waals surface area contributed by atoms with Crippen molar-refractivity contribution < 1.29 is 14.3 Å². The van der Waals surface area contributed by atoms with Gasteiger partial charge in [0.15, 0.2) is 6.61 Å². The molecule has 0 heterocycles. The fourth-order valence-electron chi connectivity index (χ4n) is 1.83. The molecule has 0 N–H and O–H groups in total. The predicted molar refractivity (Wildman–Crippen MR) is 78.0 cm³/mol. The van der Waals surface area contributed by atoms with Gasteiger partial charge in [0.2, 0.25) is 0 Å². The van der Waals surface area contributed by atoms with Crippen LogP contribution in [0.25, 0.3) is 0 Å². The molecule has 0 unspecified atom stereocenters. The number of hydrogen-bond acceptors (Lipinski definition) is 3. The van der Waals surface area contributed by atoms with Crippen LogP contribution in [-0.4, -0.2) is 12.6 Å². The van der Waals surface area contributed by atoms with Crippen molar-refractivity contribution in [2.75, 3.05) is 6.61 Å². The predicted octanol–water partition coefficient (Wildman–Crippen LogP) is 3.62. The van der Waals surface area contributed by atoms with E-state index in [4.69, 9.17) is 9.47 Å². The fourth-order valence-corrected chi connectivity index (χ4v) is 1.83. The number of benzene rings is 2. The normalized spacial score (nSPS) is 10.1. The summed E-state index contributed by atoms with van der Waals surface area (Å²) < 4.78 is 10.5. The number of carbonyl (C=O) groups is 1. The average Bonchev–Trinajstić information content (AvgIpc) is 2.49. The van der Waals surface area contributed by atoms with Gasteiger partial charge in [-0.05, 0) is 36.2 Å². The van der Waals surface area contributed by atoms with Crippen molar-refractivity contribution in [2.24, 2.45) is 0 Å². The molecule has 0 aromatic heterocycles. The van der Waals surface area contributed by atoms with E-state index in [1.165, 1.54) is 5.56 Å². The Morgan fingerprint density at radius 1 is 0.950 bits per heavy atom. The summed E-state index contributed by atoms with van der Waals surface area (Å²) in [6, 6.07) is 16.8. The van der Waals surface area contributed by atoms with Crippen molar-refractivity contribution >= 4 is 5.97 Å². The number of para-hydroxylation sites is 1. The van der Waals surface area contributed by atoms with Crippen LogP contribution in [0.4, 0.5) is 0 Å². The maximum Gasteiger partial charge on any atom is 0.349 e. The minimum Gasteiger partial charge on any atom is -0.482 e. The van der Waals surface area contributed by atoms with Crippen LogP contribution in [0, 0.1) is 0 Å². The molecule has 0 atom stereocenters. The lowest BCUT2D eigenvalue weighted by atomic mass is 10.1. The second-order valence-corrected chi connectivity index (χ2v) is 4.47. The van der Waals surface area contributed by atoms with Crippen LogP contribution in [0.3, 0.4) is 0 Å². The summed E-state index contributed by atoms with van der Waals surface area (Å²) in [6.07, 6.45) is 2.13. The standard InChI is InChI=1S/C17H18O3/c1-2-6-14-9-11-16(12-10-14)20-17(18)13-19-15-7-4-3-5-8-15/h3-5,7-12H,2,6,13H2,1H3. The van der Waals surface area contributed by atoms with E-state index in [0.29, 0.717) is 11.5 Å². The van der Waals surface area contributed by atoms with Gasteiger partial charge in [0.1, 0.15) is 11.5 Å². The van der Waals surface area contributed by atoms with Gasteiger partial charge in [-0.25, -0.2) is 4.79 Å². The quantitative estimate of drug-likeness (QED) is 0.594. The molecule has 0 saturated heterocycles. The van der Waals surface area contributed by atoms with Crippen molar-refractivity contribution in [3.63, 3.8) is 0 Å². The van der Waals surface area contributed by atoms with Gasteiger partial charge in [-0.2, -0.15) is 0 Å². The molecule has 2 rings (SSSR count). The molecule has 0 radical (unpaired) electrons. The molecule has 0 amide bonds. The van der Waals surface area contributed by atoms with Gasteiger partial charge in [0.05, 0.1) is 0 Å². The molecule has 3 nitrogen and oxygen atoms in total. The summed E-state index contributed by atoms with van der Waals surface area (Å²) in [7, 11) is 0. The van der Waals surface area contributed by atoms with Gasteiger partial charge in [-0.3, -0.25) is 0 Å². The highest BCUT2D eigenvalue weighted by Crippen LogP contribution is 2.14. The molecule has 0 saturated carbocycles. The van der Waals surface area contributed by atoms with Crippen molar-refractivity contribution in [2.45, 2.75) is 19.8 Å². The molecule has 20 heavy (non-hydrogen) atoms. The Bertz CT molecular complexity index is 532. The van der Waals surface area contributed by atoms with Gasteiger partial charge in [-0.15, -0.1) is 0 Å². The maximum atomic E-state index is 11.6. The third kappa shape index (κ3) is 4.43. The molecule has 0 aliphatic rings. The Hall–Kier alpha value is -2.29. The SMILES string of the molecule is CCCc1ccc(OC(=O)COc2ccccc2)cc1. The third-order valence-electron chi connectivity index (χ3n) is 2.79.